The zero-order valence-electron chi connectivity index (χ0n) is 11.5. The van der Waals surface area contributed by atoms with Crippen LogP contribution >= 0.6 is 0 Å². The number of hydrogen-bond acceptors (Lipinski definition) is 2. The average Bonchev–Trinajstić information content (AvgIpc) is 2.41. The van der Waals surface area contributed by atoms with Gasteiger partial charge in [-0.1, -0.05) is 38.1 Å². The van der Waals surface area contributed by atoms with Crippen LogP contribution in [0.2, 0.25) is 0 Å². The number of nitrogens with one attached hydrogen (secondary N) is 1. The van der Waals surface area contributed by atoms with Crippen LogP contribution in [0.15, 0.2) is 24.3 Å². The summed E-state index contributed by atoms with van der Waals surface area (Å²) in [6, 6.07) is 8.93. The molecule has 1 fully saturated rings. The Balaban J connectivity index is 2.08. The monoisotopic (exact) mass is 247 g/mol. The van der Waals surface area contributed by atoms with E-state index in [-0.39, 0.29) is 12.5 Å². The minimum atomic E-state index is 0.240. The Kier molecular flexibility index (Phi) is 4.79. The van der Waals surface area contributed by atoms with Gasteiger partial charge in [0.25, 0.3) is 0 Å². The Hall–Kier alpha value is -0.860. The normalized spacial score (nSPS) is 19.1. The highest BCUT2D eigenvalue weighted by Crippen LogP contribution is 2.28. The van der Waals surface area contributed by atoms with Crippen molar-refractivity contribution in [2.75, 3.05) is 19.7 Å². The number of aliphatic hydroxyl groups excluding tert-OH is 1. The maximum Gasteiger partial charge on any atom is 0.0502 e. The summed E-state index contributed by atoms with van der Waals surface area (Å²) >= 11 is 0. The topological polar surface area (TPSA) is 32.3 Å². The largest absolute Gasteiger partial charge is 0.396 e. The van der Waals surface area contributed by atoms with E-state index in [9.17, 15) is 5.11 Å². The molecule has 0 amide bonds. The summed E-state index contributed by atoms with van der Waals surface area (Å²) in [6.45, 7) is 6.85. The van der Waals surface area contributed by atoms with E-state index >= 15 is 0 Å². The van der Waals surface area contributed by atoms with Gasteiger partial charge in [0.1, 0.15) is 0 Å². The van der Waals surface area contributed by atoms with Crippen molar-refractivity contribution in [2.24, 2.45) is 5.92 Å². The summed E-state index contributed by atoms with van der Waals surface area (Å²) in [4.78, 5) is 0. The summed E-state index contributed by atoms with van der Waals surface area (Å²) < 4.78 is 0. The number of aliphatic hydroxyl groups is 1. The molecule has 1 heterocycles. The maximum absolute atomic E-state index is 9.46. The van der Waals surface area contributed by atoms with Crippen LogP contribution in [0, 0.1) is 5.92 Å². The minimum Gasteiger partial charge on any atom is -0.396 e. The van der Waals surface area contributed by atoms with E-state index in [1.807, 2.05) is 0 Å². The predicted molar refractivity (Wildman–Crippen MR) is 76.0 cm³/mol. The second-order valence-electron chi connectivity index (χ2n) is 5.72. The molecule has 1 aliphatic rings. The van der Waals surface area contributed by atoms with Gasteiger partial charge < -0.3 is 10.4 Å². The highest BCUT2D eigenvalue weighted by molar-refractivity contribution is 5.28. The molecule has 0 aromatic heterocycles. The van der Waals surface area contributed by atoms with Gasteiger partial charge in [0, 0.05) is 5.92 Å². The molecule has 1 aliphatic heterocycles. The van der Waals surface area contributed by atoms with Crippen LogP contribution in [0.25, 0.3) is 0 Å². The van der Waals surface area contributed by atoms with Crippen molar-refractivity contribution in [3.63, 3.8) is 0 Å². The second-order valence-corrected chi connectivity index (χ2v) is 5.72. The number of benzene rings is 1. The SMILES string of the molecule is CC(C)C(CO)c1ccc(C2CCNCC2)cc1. The molecule has 2 heteroatoms. The summed E-state index contributed by atoms with van der Waals surface area (Å²) in [5.41, 5.74) is 2.73. The third-order valence-corrected chi connectivity index (χ3v) is 4.18. The van der Waals surface area contributed by atoms with Crippen LogP contribution in [0.4, 0.5) is 0 Å². The van der Waals surface area contributed by atoms with E-state index in [2.05, 4.69) is 43.4 Å². The summed E-state index contributed by atoms with van der Waals surface area (Å²) in [6.07, 6.45) is 2.49. The fourth-order valence-corrected chi connectivity index (χ4v) is 2.87. The maximum atomic E-state index is 9.46. The molecule has 1 unspecified atom stereocenters. The molecule has 1 aromatic carbocycles. The van der Waals surface area contributed by atoms with Crippen molar-refractivity contribution in [3.05, 3.63) is 35.4 Å². The van der Waals surface area contributed by atoms with Crippen molar-refractivity contribution in [2.45, 2.75) is 38.5 Å². The van der Waals surface area contributed by atoms with Gasteiger partial charge in [-0.25, -0.2) is 0 Å². The molecule has 1 aromatic rings. The fourth-order valence-electron chi connectivity index (χ4n) is 2.87. The third-order valence-electron chi connectivity index (χ3n) is 4.18. The Morgan fingerprint density at radius 2 is 1.78 bits per heavy atom. The van der Waals surface area contributed by atoms with E-state index in [1.54, 1.807) is 0 Å². The van der Waals surface area contributed by atoms with Crippen molar-refractivity contribution in [1.29, 1.82) is 0 Å². The van der Waals surface area contributed by atoms with Gasteiger partial charge in [0.05, 0.1) is 6.61 Å². The molecule has 0 saturated carbocycles. The van der Waals surface area contributed by atoms with Crippen LogP contribution in [0.1, 0.15) is 49.7 Å². The van der Waals surface area contributed by atoms with Gasteiger partial charge in [-0.3, -0.25) is 0 Å². The van der Waals surface area contributed by atoms with Gasteiger partial charge >= 0.3 is 0 Å². The standard InChI is InChI=1S/C16H25NO/c1-12(2)16(11-18)15-5-3-13(4-6-15)14-7-9-17-10-8-14/h3-6,12,14,16-18H,7-11H2,1-2H3. The van der Waals surface area contributed by atoms with Crippen LogP contribution in [-0.2, 0) is 0 Å². The lowest BCUT2D eigenvalue weighted by Gasteiger charge is -2.24. The lowest BCUT2D eigenvalue weighted by molar-refractivity contribution is 0.237. The van der Waals surface area contributed by atoms with E-state index in [1.165, 1.54) is 24.0 Å². The summed E-state index contributed by atoms with van der Waals surface area (Å²) in [5, 5.41) is 12.9. The fraction of sp³-hybridized carbons (Fsp3) is 0.625. The van der Waals surface area contributed by atoms with Crippen molar-refractivity contribution < 1.29 is 5.11 Å². The van der Waals surface area contributed by atoms with E-state index < -0.39 is 0 Å². The van der Waals surface area contributed by atoms with E-state index in [0.717, 1.165) is 13.1 Å². The van der Waals surface area contributed by atoms with Crippen LogP contribution in [0.5, 0.6) is 0 Å². The van der Waals surface area contributed by atoms with Gasteiger partial charge in [-0.05, 0) is 48.9 Å². The average molecular weight is 247 g/mol. The zero-order valence-corrected chi connectivity index (χ0v) is 11.5. The first-order chi connectivity index (χ1) is 8.72. The van der Waals surface area contributed by atoms with Crippen molar-refractivity contribution in [1.82, 2.24) is 5.32 Å². The van der Waals surface area contributed by atoms with Crippen LogP contribution in [-0.4, -0.2) is 24.8 Å². The zero-order chi connectivity index (χ0) is 13.0. The van der Waals surface area contributed by atoms with Crippen LogP contribution in [0.3, 0.4) is 0 Å². The molecule has 100 valence electrons. The molecule has 1 saturated heterocycles. The van der Waals surface area contributed by atoms with Crippen LogP contribution < -0.4 is 5.32 Å². The molecule has 2 nitrogen and oxygen atoms in total. The van der Waals surface area contributed by atoms with E-state index in [4.69, 9.17) is 0 Å². The number of hydrogen-bond donors (Lipinski definition) is 2. The Bertz CT molecular complexity index is 352. The first-order valence-electron chi connectivity index (χ1n) is 7.13. The minimum absolute atomic E-state index is 0.240. The lowest BCUT2D eigenvalue weighted by atomic mass is 9.85. The molecule has 0 aliphatic carbocycles. The van der Waals surface area contributed by atoms with Crippen molar-refractivity contribution >= 4 is 0 Å². The molecule has 0 bridgehead atoms. The lowest BCUT2D eigenvalue weighted by Crippen LogP contribution is -2.26. The molecule has 18 heavy (non-hydrogen) atoms. The van der Waals surface area contributed by atoms with Crippen molar-refractivity contribution in [3.8, 4) is 0 Å². The molecule has 2 N–H and O–H groups in total. The Morgan fingerprint density at radius 1 is 1.17 bits per heavy atom. The second kappa shape index (κ2) is 6.35. The summed E-state index contributed by atoms with van der Waals surface area (Å²) in [7, 11) is 0. The van der Waals surface area contributed by atoms with Gasteiger partial charge in [0.2, 0.25) is 0 Å². The Labute approximate surface area is 110 Å². The van der Waals surface area contributed by atoms with Gasteiger partial charge in [-0.2, -0.15) is 0 Å². The molecular weight excluding hydrogens is 222 g/mol. The smallest absolute Gasteiger partial charge is 0.0502 e. The quantitative estimate of drug-likeness (QED) is 0.857. The number of rotatable bonds is 4. The summed E-state index contributed by atoms with van der Waals surface area (Å²) in [5.74, 6) is 1.47. The molecule has 1 atom stereocenters. The first-order valence-corrected chi connectivity index (χ1v) is 7.13. The molecule has 0 radical (unpaired) electrons. The highest BCUT2D eigenvalue weighted by atomic mass is 16.3. The van der Waals surface area contributed by atoms with E-state index in [0.29, 0.717) is 11.8 Å². The third kappa shape index (κ3) is 3.12. The molecule has 2 rings (SSSR count). The predicted octanol–water partition coefficient (Wildman–Crippen LogP) is 2.89. The molecule has 0 spiro atoms. The molecular formula is C16H25NO. The first kappa shape index (κ1) is 13.6. The number of piperidine rings is 1. The van der Waals surface area contributed by atoms with Gasteiger partial charge in [0.15, 0.2) is 0 Å². The van der Waals surface area contributed by atoms with Gasteiger partial charge in [-0.15, -0.1) is 0 Å². The Morgan fingerprint density at radius 3 is 2.28 bits per heavy atom. The highest BCUT2D eigenvalue weighted by Gasteiger charge is 2.17.